The summed E-state index contributed by atoms with van der Waals surface area (Å²) in [4.78, 5) is 30.7. The molecule has 2 fully saturated rings. The highest BCUT2D eigenvalue weighted by molar-refractivity contribution is 5.95. The molecule has 2 saturated heterocycles. The van der Waals surface area contributed by atoms with E-state index in [1.54, 1.807) is 13.2 Å². The van der Waals surface area contributed by atoms with E-state index in [-0.39, 0.29) is 17.7 Å². The van der Waals surface area contributed by atoms with Gasteiger partial charge in [-0.1, -0.05) is 36.4 Å². The van der Waals surface area contributed by atoms with E-state index in [1.807, 2.05) is 53.4 Å². The Hall–Kier alpha value is -2.90. The molecule has 0 unspecified atom stereocenters. The number of ether oxygens (including phenoxy) is 2. The van der Waals surface area contributed by atoms with Crippen molar-refractivity contribution < 1.29 is 19.1 Å². The minimum atomic E-state index is -0.470. The lowest BCUT2D eigenvalue weighted by Crippen LogP contribution is -2.50. The average molecular weight is 438 g/mol. The van der Waals surface area contributed by atoms with Crippen LogP contribution in [-0.4, -0.2) is 68.1 Å². The van der Waals surface area contributed by atoms with E-state index >= 15 is 0 Å². The molecule has 1 N–H and O–H groups in total. The molecule has 4 rings (SSSR count). The van der Waals surface area contributed by atoms with Crippen molar-refractivity contribution in [3.8, 4) is 5.75 Å². The van der Waals surface area contributed by atoms with Gasteiger partial charge in [-0.05, 0) is 37.1 Å². The van der Waals surface area contributed by atoms with Crippen LogP contribution in [0.3, 0.4) is 0 Å². The van der Waals surface area contributed by atoms with E-state index in [1.165, 1.54) is 0 Å². The molecule has 0 aromatic heterocycles. The van der Waals surface area contributed by atoms with E-state index < -0.39 is 6.04 Å². The molecular weight excluding hydrogens is 406 g/mol. The number of carbonyl (C=O) groups is 2. The maximum atomic E-state index is 13.5. The van der Waals surface area contributed by atoms with E-state index in [0.717, 1.165) is 24.9 Å². The van der Waals surface area contributed by atoms with Crippen LogP contribution in [0.15, 0.2) is 54.6 Å². The smallest absolute Gasteiger partial charge is 0.246 e. The lowest BCUT2D eigenvalue weighted by molar-refractivity contribution is -0.142. The second kappa shape index (κ2) is 10.6. The van der Waals surface area contributed by atoms with E-state index in [4.69, 9.17) is 9.47 Å². The topological polar surface area (TPSA) is 71.1 Å². The fraction of sp³-hybridized carbons (Fsp3) is 0.440. The van der Waals surface area contributed by atoms with Gasteiger partial charge in [0.2, 0.25) is 11.8 Å². The number of hydrogen-bond acceptors (Lipinski definition) is 5. The normalized spacial score (nSPS) is 20.4. The third kappa shape index (κ3) is 5.29. The van der Waals surface area contributed by atoms with Crippen LogP contribution < -0.4 is 10.1 Å². The largest absolute Gasteiger partial charge is 0.497 e. The summed E-state index contributed by atoms with van der Waals surface area (Å²) in [6.45, 7) is 3.83. The second-order valence-corrected chi connectivity index (χ2v) is 8.31. The van der Waals surface area contributed by atoms with Crippen LogP contribution in [-0.2, 0) is 14.3 Å². The molecule has 2 aliphatic heterocycles. The van der Waals surface area contributed by atoms with Crippen molar-refractivity contribution in [2.75, 3.05) is 51.8 Å². The number of piperidine rings is 1. The highest BCUT2D eigenvalue weighted by Crippen LogP contribution is 2.30. The first kappa shape index (κ1) is 22.3. The number of amides is 2. The molecular formula is C25H31N3O4. The maximum Gasteiger partial charge on any atom is 0.246 e. The molecule has 2 aromatic rings. The Bertz CT molecular complexity index is 914. The van der Waals surface area contributed by atoms with Crippen molar-refractivity contribution in [2.24, 2.45) is 5.92 Å². The van der Waals surface area contributed by atoms with Gasteiger partial charge in [-0.3, -0.25) is 14.5 Å². The summed E-state index contributed by atoms with van der Waals surface area (Å²) < 4.78 is 10.7. The molecule has 2 heterocycles. The van der Waals surface area contributed by atoms with Crippen LogP contribution in [0.2, 0.25) is 0 Å². The van der Waals surface area contributed by atoms with Gasteiger partial charge in [-0.2, -0.15) is 0 Å². The highest BCUT2D eigenvalue weighted by Gasteiger charge is 2.36. The summed E-state index contributed by atoms with van der Waals surface area (Å²) in [6, 6.07) is 16.7. The van der Waals surface area contributed by atoms with Gasteiger partial charge in [0.15, 0.2) is 0 Å². The highest BCUT2D eigenvalue weighted by atomic mass is 16.5. The van der Waals surface area contributed by atoms with Crippen molar-refractivity contribution >= 4 is 17.5 Å². The van der Waals surface area contributed by atoms with Gasteiger partial charge >= 0.3 is 0 Å². The third-order valence-corrected chi connectivity index (χ3v) is 6.19. The first-order valence-electron chi connectivity index (χ1n) is 11.3. The lowest BCUT2D eigenvalue weighted by Gasteiger charge is -2.39. The van der Waals surface area contributed by atoms with Crippen LogP contribution >= 0.6 is 0 Å². The fourth-order valence-corrected chi connectivity index (χ4v) is 4.56. The van der Waals surface area contributed by atoms with Gasteiger partial charge in [0.25, 0.3) is 0 Å². The number of carbonyl (C=O) groups excluding carboxylic acids is 2. The van der Waals surface area contributed by atoms with Gasteiger partial charge in [-0.25, -0.2) is 0 Å². The molecule has 0 bridgehead atoms. The van der Waals surface area contributed by atoms with Gasteiger partial charge in [0.05, 0.1) is 26.2 Å². The molecule has 0 spiro atoms. The second-order valence-electron chi connectivity index (χ2n) is 8.31. The fourth-order valence-electron chi connectivity index (χ4n) is 4.56. The summed E-state index contributed by atoms with van der Waals surface area (Å²) in [5.41, 5.74) is 1.61. The SMILES string of the molecule is COc1cccc(NC(=O)[C@@H](c2ccccc2)N2CCC[C@@H](C(=O)N3CCOCC3)C2)c1. The zero-order valence-corrected chi connectivity index (χ0v) is 18.5. The molecule has 0 saturated carbocycles. The maximum absolute atomic E-state index is 13.5. The van der Waals surface area contributed by atoms with Crippen molar-refractivity contribution in [1.29, 1.82) is 0 Å². The Morgan fingerprint density at radius 3 is 2.59 bits per heavy atom. The molecule has 2 amide bonds. The minimum absolute atomic E-state index is 0.0994. The standard InChI is InChI=1S/C25H31N3O4/c1-31-22-11-5-10-21(17-22)26-24(29)23(19-7-3-2-4-8-19)28-12-6-9-20(18-28)25(30)27-13-15-32-16-14-27/h2-5,7-8,10-11,17,20,23H,6,9,12-16,18H2,1H3,(H,26,29)/t20-,23-/m1/s1. The van der Waals surface area contributed by atoms with Crippen LogP contribution in [0.5, 0.6) is 5.75 Å². The Morgan fingerprint density at radius 1 is 1.06 bits per heavy atom. The lowest BCUT2D eigenvalue weighted by atomic mass is 9.93. The van der Waals surface area contributed by atoms with E-state index in [2.05, 4.69) is 10.2 Å². The van der Waals surface area contributed by atoms with Gasteiger partial charge in [-0.15, -0.1) is 0 Å². The van der Waals surface area contributed by atoms with Crippen molar-refractivity contribution in [1.82, 2.24) is 9.80 Å². The number of anilines is 1. The quantitative estimate of drug-likeness (QED) is 0.753. The first-order valence-corrected chi connectivity index (χ1v) is 11.3. The third-order valence-electron chi connectivity index (χ3n) is 6.19. The predicted octanol–water partition coefficient (Wildman–Crippen LogP) is 2.95. The molecule has 2 aliphatic rings. The predicted molar refractivity (Wildman–Crippen MR) is 123 cm³/mol. The monoisotopic (exact) mass is 437 g/mol. The summed E-state index contributed by atoms with van der Waals surface area (Å²) in [5.74, 6) is 0.660. The number of benzene rings is 2. The van der Waals surface area contributed by atoms with Crippen molar-refractivity contribution in [3.63, 3.8) is 0 Å². The molecule has 7 heteroatoms. The number of nitrogens with one attached hydrogen (secondary N) is 1. The van der Waals surface area contributed by atoms with Gasteiger partial charge < -0.3 is 19.7 Å². The van der Waals surface area contributed by atoms with Gasteiger partial charge in [0.1, 0.15) is 11.8 Å². The molecule has 2 atom stereocenters. The molecule has 170 valence electrons. The van der Waals surface area contributed by atoms with Gasteiger partial charge in [0, 0.05) is 31.4 Å². The Labute approximate surface area is 189 Å². The number of hydrogen-bond donors (Lipinski definition) is 1. The van der Waals surface area contributed by atoms with Crippen molar-refractivity contribution in [2.45, 2.75) is 18.9 Å². The minimum Gasteiger partial charge on any atom is -0.497 e. The molecule has 32 heavy (non-hydrogen) atoms. The van der Waals surface area contributed by atoms with Crippen LogP contribution in [0, 0.1) is 5.92 Å². The van der Waals surface area contributed by atoms with Crippen LogP contribution in [0.4, 0.5) is 5.69 Å². The summed E-state index contributed by atoms with van der Waals surface area (Å²) in [7, 11) is 1.60. The van der Waals surface area contributed by atoms with E-state index in [9.17, 15) is 9.59 Å². The molecule has 0 aliphatic carbocycles. The Balaban J connectivity index is 1.53. The molecule has 7 nitrogen and oxygen atoms in total. The molecule has 2 aromatic carbocycles. The number of methoxy groups -OCH3 is 1. The Morgan fingerprint density at radius 2 is 1.84 bits per heavy atom. The number of likely N-dealkylation sites (tertiary alicyclic amines) is 1. The van der Waals surface area contributed by atoms with Crippen LogP contribution in [0.25, 0.3) is 0 Å². The average Bonchev–Trinajstić information content (AvgIpc) is 2.85. The Kier molecular flexibility index (Phi) is 7.39. The number of nitrogens with zero attached hydrogens (tertiary/aromatic N) is 2. The zero-order valence-electron chi connectivity index (χ0n) is 18.5. The first-order chi connectivity index (χ1) is 15.7. The summed E-state index contributed by atoms with van der Waals surface area (Å²) in [5, 5.41) is 3.05. The summed E-state index contributed by atoms with van der Waals surface area (Å²) >= 11 is 0. The van der Waals surface area contributed by atoms with Crippen LogP contribution in [0.1, 0.15) is 24.4 Å². The van der Waals surface area contributed by atoms with E-state index in [0.29, 0.717) is 44.3 Å². The number of morpholine rings is 1. The summed E-state index contributed by atoms with van der Waals surface area (Å²) in [6.07, 6.45) is 1.74. The number of rotatable bonds is 6. The molecule has 0 radical (unpaired) electrons. The zero-order chi connectivity index (χ0) is 22.3. The van der Waals surface area contributed by atoms with Crippen molar-refractivity contribution in [3.05, 3.63) is 60.2 Å².